The molecule has 0 bridgehead atoms. The van der Waals surface area contributed by atoms with Gasteiger partial charge >= 0.3 is 0 Å². The SMILES string of the molecule is CN=C(NCC1CN(C)CCN1C)NCC(c1cccc(OC)c1)N1CCCC1.I. The number of piperazine rings is 1. The Morgan fingerprint density at radius 3 is 2.63 bits per heavy atom. The number of benzene rings is 1. The van der Waals surface area contributed by atoms with Gasteiger partial charge < -0.3 is 20.3 Å². The van der Waals surface area contributed by atoms with Gasteiger partial charge in [-0.1, -0.05) is 12.1 Å². The predicted octanol–water partition coefficient (Wildman–Crippen LogP) is 1.86. The van der Waals surface area contributed by atoms with Gasteiger partial charge in [0.25, 0.3) is 0 Å². The molecule has 30 heavy (non-hydrogen) atoms. The van der Waals surface area contributed by atoms with E-state index in [0.717, 1.165) is 57.5 Å². The first kappa shape index (κ1) is 25.2. The molecular formula is C22H39IN6O. The molecule has 2 aliphatic rings. The van der Waals surface area contributed by atoms with Crippen molar-refractivity contribution in [2.24, 2.45) is 4.99 Å². The average Bonchev–Trinajstić information content (AvgIpc) is 3.27. The second kappa shape index (κ2) is 12.7. The summed E-state index contributed by atoms with van der Waals surface area (Å²) in [4.78, 5) is 11.9. The summed E-state index contributed by atoms with van der Waals surface area (Å²) in [6, 6.07) is 9.27. The fourth-order valence-corrected chi connectivity index (χ4v) is 4.31. The van der Waals surface area contributed by atoms with Crippen molar-refractivity contribution in [3.05, 3.63) is 29.8 Å². The molecule has 0 aromatic heterocycles. The normalized spacial score (nSPS) is 22.4. The maximum atomic E-state index is 5.46. The topological polar surface area (TPSA) is 55.4 Å². The van der Waals surface area contributed by atoms with Gasteiger partial charge in [0.2, 0.25) is 0 Å². The number of aliphatic imine (C=N–C) groups is 1. The smallest absolute Gasteiger partial charge is 0.191 e. The first-order chi connectivity index (χ1) is 14.1. The quantitative estimate of drug-likeness (QED) is 0.319. The summed E-state index contributed by atoms with van der Waals surface area (Å²) in [6.45, 7) is 7.35. The highest BCUT2D eigenvalue weighted by atomic mass is 127. The predicted molar refractivity (Wildman–Crippen MR) is 135 cm³/mol. The number of likely N-dealkylation sites (tertiary alicyclic amines) is 1. The monoisotopic (exact) mass is 530 g/mol. The van der Waals surface area contributed by atoms with Crippen molar-refractivity contribution < 1.29 is 4.74 Å². The number of rotatable bonds is 7. The van der Waals surface area contributed by atoms with Crippen LogP contribution in [-0.4, -0.2) is 101 Å². The van der Waals surface area contributed by atoms with E-state index in [-0.39, 0.29) is 24.0 Å². The highest BCUT2D eigenvalue weighted by Gasteiger charge is 2.25. The lowest BCUT2D eigenvalue weighted by atomic mass is 10.1. The van der Waals surface area contributed by atoms with Crippen molar-refractivity contribution in [1.29, 1.82) is 0 Å². The number of nitrogens with one attached hydrogen (secondary N) is 2. The largest absolute Gasteiger partial charge is 0.497 e. The first-order valence-electron chi connectivity index (χ1n) is 10.8. The zero-order valence-corrected chi connectivity index (χ0v) is 21.3. The number of methoxy groups -OCH3 is 1. The maximum Gasteiger partial charge on any atom is 0.191 e. The minimum absolute atomic E-state index is 0. The van der Waals surface area contributed by atoms with E-state index in [0.29, 0.717) is 12.1 Å². The van der Waals surface area contributed by atoms with Crippen LogP contribution in [0.3, 0.4) is 0 Å². The van der Waals surface area contributed by atoms with E-state index >= 15 is 0 Å². The van der Waals surface area contributed by atoms with Crippen molar-refractivity contribution in [3.63, 3.8) is 0 Å². The summed E-state index contributed by atoms with van der Waals surface area (Å²) in [7, 11) is 7.99. The second-order valence-corrected chi connectivity index (χ2v) is 8.27. The van der Waals surface area contributed by atoms with Gasteiger partial charge in [-0.25, -0.2) is 0 Å². The van der Waals surface area contributed by atoms with Gasteiger partial charge in [-0.15, -0.1) is 24.0 Å². The van der Waals surface area contributed by atoms with Crippen LogP contribution in [0.1, 0.15) is 24.4 Å². The van der Waals surface area contributed by atoms with Gasteiger partial charge in [0, 0.05) is 45.8 Å². The van der Waals surface area contributed by atoms with Gasteiger partial charge in [-0.3, -0.25) is 14.8 Å². The van der Waals surface area contributed by atoms with Crippen LogP contribution in [0.2, 0.25) is 0 Å². The molecule has 7 nitrogen and oxygen atoms in total. The van der Waals surface area contributed by atoms with Crippen LogP contribution in [0.25, 0.3) is 0 Å². The molecule has 3 rings (SSSR count). The van der Waals surface area contributed by atoms with E-state index in [9.17, 15) is 0 Å². The van der Waals surface area contributed by atoms with Gasteiger partial charge in [0.1, 0.15) is 5.75 Å². The molecule has 0 spiro atoms. The maximum absolute atomic E-state index is 5.46. The Kier molecular flexibility index (Phi) is 10.6. The van der Waals surface area contributed by atoms with E-state index in [2.05, 4.69) is 62.6 Å². The highest BCUT2D eigenvalue weighted by molar-refractivity contribution is 14.0. The summed E-state index contributed by atoms with van der Waals surface area (Å²) >= 11 is 0. The van der Waals surface area contributed by atoms with Crippen LogP contribution in [0.5, 0.6) is 5.75 Å². The fourth-order valence-electron chi connectivity index (χ4n) is 4.31. The van der Waals surface area contributed by atoms with Crippen LogP contribution in [0.15, 0.2) is 29.3 Å². The van der Waals surface area contributed by atoms with Crippen molar-refractivity contribution in [3.8, 4) is 5.75 Å². The van der Waals surface area contributed by atoms with Crippen LogP contribution >= 0.6 is 24.0 Å². The Hall–Kier alpha value is -1.10. The molecule has 2 saturated heterocycles. The summed E-state index contributed by atoms with van der Waals surface area (Å²) in [6.07, 6.45) is 2.55. The second-order valence-electron chi connectivity index (χ2n) is 8.27. The lowest BCUT2D eigenvalue weighted by molar-refractivity contribution is 0.116. The molecule has 0 amide bonds. The van der Waals surface area contributed by atoms with Gasteiger partial charge in [-0.05, 0) is 57.7 Å². The van der Waals surface area contributed by atoms with Crippen LogP contribution in [0, 0.1) is 0 Å². The van der Waals surface area contributed by atoms with Gasteiger partial charge in [0.15, 0.2) is 5.96 Å². The summed E-state index contributed by atoms with van der Waals surface area (Å²) < 4.78 is 5.46. The molecule has 2 fully saturated rings. The lowest BCUT2D eigenvalue weighted by Crippen LogP contribution is -2.55. The Bertz CT molecular complexity index is 667. The minimum atomic E-state index is 0. The van der Waals surface area contributed by atoms with Crippen molar-refractivity contribution in [1.82, 2.24) is 25.3 Å². The number of guanidine groups is 1. The van der Waals surface area contributed by atoms with Crippen molar-refractivity contribution >= 4 is 29.9 Å². The van der Waals surface area contributed by atoms with E-state index in [1.165, 1.54) is 18.4 Å². The van der Waals surface area contributed by atoms with E-state index < -0.39 is 0 Å². The molecule has 2 atom stereocenters. The van der Waals surface area contributed by atoms with Gasteiger partial charge in [-0.2, -0.15) is 0 Å². The lowest BCUT2D eigenvalue weighted by Gasteiger charge is -2.38. The molecule has 1 aromatic carbocycles. The van der Waals surface area contributed by atoms with Crippen molar-refractivity contribution in [2.75, 3.05) is 74.1 Å². The third-order valence-electron chi connectivity index (χ3n) is 6.23. The van der Waals surface area contributed by atoms with Crippen LogP contribution in [-0.2, 0) is 0 Å². The minimum Gasteiger partial charge on any atom is -0.497 e. The molecule has 0 aliphatic carbocycles. The molecular weight excluding hydrogens is 491 g/mol. The molecule has 170 valence electrons. The third-order valence-corrected chi connectivity index (χ3v) is 6.23. The van der Waals surface area contributed by atoms with E-state index in [1.54, 1.807) is 7.11 Å². The zero-order valence-electron chi connectivity index (χ0n) is 18.9. The molecule has 8 heteroatoms. The number of nitrogens with zero attached hydrogens (tertiary/aromatic N) is 4. The Balaban J connectivity index is 0.00000320. The average molecular weight is 530 g/mol. The molecule has 2 heterocycles. The van der Waals surface area contributed by atoms with Crippen LogP contribution in [0.4, 0.5) is 0 Å². The first-order valence-corrected chi connectivity index (χ1v) is 10.8. The fraction of sp³-hybridized carbons (Fsp3) is 0.682. The molecule has 2 aliphatic heterocycles. The molecule has 2 N–H and O–H groups in total. The van der Waals surface area contributed by atoms with E-state index in [1.807, 2.05) is 13.1 Å². The zero-order chi connectivity index (χ0) is 20.6. The summed E-state index contributed by atoms with van der Waals surface area (Å²) in [5.41, 5.74) is 1.29. The third kappa shape index (κ3) is 6.96. The number of halogens is 1. The molecule has 0 radical (unpaired) electrons. The molecule has 2 unspecified atom stereocenters. The Labute approximate surface area is 199 Å². The van der Waals surface area contributed by atoms with Crippen molar-refractivity contribution in [2.45, 2.75) is 24.9 Å². The standard InChI is InChI=1S/C22H38N6O.HI/c1-23-22(24-15-19-17-26(2)12-13-27(19)3)25-16-21(28-10-5-6-11-28)18-8-7-9-20(14-18)29-4;/h7-9,14,19,21H,5-6,10-13,15-17H2,1-4H3,(H2,23,24,25);1H. The number of hydrogen-bond donors (Lipinski definition) is 2. The summed E-state index contributed by atoms with van der Waals surface area (Å²) in [5, 5.41) is 7.11. The summed E-state index contributed by atoms with van der Waals surface area (Å²) in [5.74, 6) is 1.79. The Morgan fingerprint density at radius 2 is 1.93 bits per heavy atom. The molecule has 0 saturated carbocycles. The number of ether oxygens (including phenoxy) is 1. The van der Waals surface area contributed by atoms with Crippen LogP contribution < -0.4 is 15.4 Å². The number of likely N-dealkylation sites (N-methyl/N-ethyl adjacent to an activating group) is 2. The van der Waals surface area contributed by atoms with Gasteiger partial charge in [0.05, 0.1) is 13.2 Å². The molecule has 1 aromatic rings. The highest BCUT2D eigenvalue weighted by Crippen LogP contribution is 2.27. The van der Waals surface area contributed by atoms with E-state index in [4.69, 9.17) is 4.74 Å². The number of hydrogen-bond acceptors (Lipinski definition) is 5. The Morgan fingerprint density at radius 1 is 1.17 bits per heavy atom.